The van der Waals surface area contributed by atoms with Gasteiger partial charge in [0.15, 0.2) is 23.5 Å². The average Bonchev–Trinajstić information content (AvgIpc) is 2.70. The molecule has 0 aliphatic carbocycles. The second-order valence-corrected chi connectivity index (χ2v) is 10.6. The summed E-state index contributed by atoms with van der Waals surface area (Å²) in [5.41, 5.74) is 19.0. The molecule has 32 heavy (non-hydrogen) atoms. The van der Waals surface area contributed by atoms with E-state index in [1.807, 2.05) is 0 Å². The van der Waals surface area contributed by atoms with Crippen LogP contribution in [0.1, 0.15) is 45.5 Å². The van der Waals surface area contributed by atoms with Crippen molar-refractivity contribution in [2.24, 2.45) is 5.41 Å². The number of aromatic nitrogens is 2. The van der Waals surface area contributed by atoms with Crippen LogP contribution in [-0.2, 0) is 12.1 Å². The Balaban J connectivity index is 1.75. The van der Waals surface area contributed by atoms with Crippen LogP contribution in [0.2, 0.25) is 0 Å². The van der Waals surface area contributed by atoms with Gasteiger partial charge in [-0.3, -0.25) is 0 Å². The Kier molecular flexibility index (Phi) is 5.36. The largest absolute Gasteiger partial charge is 0.398 e. The molecule has 2 aromatic heterocycles. The smallest absolute Gasteiger partial charge is 0.215 e. The zero-order valence-electron chi connectivity index (χ0n) is 20.2. The Morgan fingerprint density at radius 2 is 1.22 bits per heavy atom. The molecular formula is C28H36N4+2. The summed E-state index contributed by atoms with van der Waals surface area (Å²) >= 11 is 0. The van der Waals surface area contributed by atoms with Gasteiger partial charge in [0.1, 0.15) is 0 Å². The van der Waals surface area contributed by atoms with Crippen molar-refractivity contribution in [3.8, 4) is 0 Å². The van der Waals surface area contributed by atoms with E-state index in [2.05, 4.69) is 111 Å². The van der Waals surface area contributed by atoms with E-state index < -0.39 is 0 Å². The van der Waals surface area contributed by atoms with Gasteiger partial charge in [-0.25, -0.2) is 0 Å². The Hall–Kier alpha value is -3.14. The fourth-order valence-corrected chi connectivity index (χ4v) is 5.74. The molecule has 0 amide bonds. The molecule has 4 N–H and O–H groups in total. The zero-order valence-corrected chi connectivity index (χ0v) is 20.2. The Morgan fingerprint density at radius 3 is 1.84 bits per heavy atom. The van der Waals surface area contributed by atoms with E-state index in [4.69, 9.17) is 11.5 Å². The van der Waals surface area contributed by atoms with Gasteiger partial charge >= 0.3 is 0 Å². The molecule has 2 heterocycles. The summed E-state index contributed by atoms with van der Waals surface area (Å²) in [7, 11) is 0. The number of nitrogens with zero attached hydrogens (tertiary/aromatic N) is 2. The van der Waals surface area contributed by atoms with E-state index >= 15 is 0 Å². The van der Waals surface area contributed by atoms with Gasteiger partial charge in [0.05, 0.1) is 22.1 Å². The summed E-state index contributed by atoms with van der Waals surface area (Å²) in [5, 5.41) is 2.22. The minimum atomic E-state index is -0.0983. The number of pyridine rings is 2. The first kappa shape index (κ1) is 22.1. The van der Waals surface area contributed by atoms with Crippen molar-refractivity contribution in [2.75, 3.05) is 11.5 Å². The van der Waals surface area contributed by atoms with Crippen LogP contribution in [-0.4, -0.2) is 0 Å². The Bertz CT molecular complexity index is 1320. The van der Waals surface area contributed by atoms with Gasteiger partial charge in [0.25, 0.3) is 0 Å². The van der Waals surface area contributed by atoms with Crippen LogP contribution < -0.4 is 20.6 Å². The van der Waals surface area contributed by atoms with E-state index in [-0.39, 0.29) is 11.0 Å². The van der Waals surface area contributed by atoms with Crippen molar-refractivity contribution in [3.63, 3.8) is 0 Å². The number of benzene rings is 2. The summed E-state index contributed by atoms with van der Waals surface area (Å²) in [4.78, 5) is 0. The van der Waals surface area contributed by atoms with Gasteiger partial charge < -0.3 is 11.5 Å². The van der Waals surface area contributed by atoms with Crippen molar-refractivity contribution in [1.82, 2.24) is 0 Å². The van der Waals surface area contributed by atoms with Crippen LogP contribution in [0.3, 0.4) is 0 Å². The predicted molar refractivity (Wildman–Crippen MR) is 134 cm³/mol. The van der Waals surface area contributed by atoms with Crippen LogP contribution in [0.4, 0.5) is 11.4 Å². The highest BCUT2D eigenvalue weighted by atomic mass is 15.1. The van der Waals surface area contributed by atoms with Crippen molar-refractivity contribution in [1.29, 1.82) is 0 Å². The zero-order chi connectivity index (χ0) is 23.3. The lowest BCUT2D eigenvalue weighted by Crippen LogP contribution is -2.58. The molecule has 4 nitrogen and oxygen atoms in total. The van der Waals surface area contributed by atoms with E-state index in [0.717, 1.165) is 35.1 Å². The van der Waals surface area contributed by atoms with Crippen molar-refractivity contribution in [3.05, 3.63) is 72.1 Å². The molecule has 0 atom stereocenters. The molecule has 0 unspecified atom stereocenters. The SMILES string of the molecule is Cc1cc(N)c2ccccc2[n+]1CC(C)(C)CC(C)(C)[n+]1c(C)cc(N)c2ccccc21. The highest BCUT2D eigenvalue weighted by Gasteiger charge is 2.41. The summed E-state index contributed by atoms with van der Waals surface area (Å²) < 4.78 is 4.87. The molecule has 0 radical (unpaired) electrons. The van der Waals surface area contributed by atoms with Crippen LogP contribution >= 0.6 is 0 Å². The third kappa shape index (κ3) is 3.90. The van der Waals surface area contributed by atoms with Crippen molar-refractivity contribution in [2.45, 2.75) is 60.0 Å². The molecule has 4 heteroatoms. The number of hydrogen-bond donors (Lipinski definition) is 2. The van der Waals surface area contributed by atoms with Gasteiger partial charge in [0, 0.05) is 63.8 Å². The molecule has 0 saturated heterocycles. The lowest BCUT2D eigenvalue weighted by molar-refractivity contribution is -0.747. The molecule has 166 valence electrons. The molecule has 4 aromatic rings. The molecular weight excluding hydrogens is 392 g/mol. The lowest BCUT2D eigenvalue weighted by atomic mass is 9.79. The molecule has 0 aliphatic heterocycles. The minimum absolute atomic E-state index is 0.0414. The summed E-state index contributed by atoms with van der Waals surface area (Å²) in [6, 6.07) is 21.1. The fraction of sp³-hybridized carbons (Fsp3) is 0.357. The molecule has 0 saturated carbocycles. The maximum atomic E-state index is 6.35. The van der Waals surface area contributed by atoms with E-state index in [0.29, 0.717) is 0 Å². The Morgan fingerprint density at radius 1 is 0.719 bits per heavy atom. The molecule has 4 rings (SSSR count). The summed E-state index contributed by atoms with van der Waals surface area (Å²) in [6.45, 7) is 14.6. The second kappa shape index (κ2) is 7.77. The molecule has 0 bridgehead atoms. The third-order valence-electron chi connectivity index (χ3n) is 6.57. The third-order valence-corrected chi connectivity index (χ3v) is 6.57. The maximum absolute atomic E-state index is 6.35. The second-order valence-electron chi connectivity index (χ2n) is 10.6. The van der Waals surface area contributed by atoms with Crippen LogP contribution in [0.5, 0.6) is 0 Å². The molecule has 0 aliphatic rings. The van der Waals surface area contributed by atoms with Gasteiger partial charge in [0.2, 0.25) is 11.0 Å². The summed E-state index contributed by atoms with van der Waals surface area (Å²) in [6.07, 6.45) is 1.00. The normalized spacial score (nSPS) is 12.6. The number of hydrogen-bond acceptors (Lipinski definition) is 2. The fourth-order valence-electron chi connectivity index (χ4n) is 5.74. The van der Waals surface area contributed by atoms with E-state index in [1.54, 1.807) is 0 Å². The van der Waals surface area contributed by atoms with Crippen molar-refractivity contribution < 1.29 is 9.13 Å². The van der Waals surface area contributed by atoms with Crippen LogP contribution in [0, 0.1) is 19.3 Å². The predicted octanol–water partition coefficient (Wildman–Crippen LogP) is 5.20. The topological polar surface area (TPSA) is 59.8 Å². The number of rotatable bonds is 5. The summed E-state index contributed by atoms with van der Waals surface area (Å²) in [5.74, 6) is 0. The first-order valence-corrected chi connectivity index (χ1v) is 11.4. The average molecular weight is 429 g/mol. The number of nitrogens with two attached hydrogens (primary N) is 2. The van der Waals surface area contributed by atoms with Crippen molar-refractivity contribution >= 4 is 33.2 Å². The number of para-hydroxylation sites is 2. The number of aryl methyl sites for hydroxylation is 2. The first-order valence-electron chi connectivity index (χ1n) is 11.4. The number of anilines is 2. The van der Waals surface area contributed by atoms with Gasteiger partial charge in [-0.1, -0.05) is 38.1 Å². The lowest BCUT2D eigenvalue weighted by Gasteiger charge is -2.31. The maximum Gasteiger partial charge on any atom is 0.215 e. The highest BCUT2D eigenvalue weighted by molar-refractivity contribution is 5.88. The number of fused-ring (bicyclic) bond motifs is 2. The Labute approximate surface area is 191 Å². The quantitative estimate of drug-likeness (QED) is 0.429. The standard InChI is InChI=1S/C28H34N4/c1-19-15-23(29)21-11-7-9-13-25(21)31(19)18-27(3,4)17-28(5,6)32-20(2)16-24(30)22-12-8-10-14-26(22)32/h7-16,29-30H,17-18H2,1-6H3/p+2. The minimum Gasteiger partial charge on any atom is -0.398 e. The van der Waals surface area contributed by atoms with Gasteiger partial charge in [-0.05, 0) is 12.1 Å². The monoisotopic (exact) mass is 428 g/mol. The first-order chi connectivity index (χ1) is 15.0. The van der Waals surface area contributed by atoms with E-state index in [9.17, 15) is 0 Å². The van der Waals surface area contributed by atoms with Gasteiger partial charge in [-0.2, -0.15) is 9.13 Å². The van der Waals surface area contributed by atoms with Gasteiger partial charge in [-0.15, -0.1) is 0 Å². The molecule has 0 fully saturated rings. The molecule has 2 aromatic carbocycles. The van der Waals surface area contributed by atoms with E-state index in [1.165, 1.54) is 22.4 Å². The molecule has 0 spiro atoms. The van der Waals surface area contributed by atoms with Crippen LogP contribution in [0.15, 0.2) is 60.7 Å². The van der Waals surface area contributed by atoms with Crippen LogP contribution in [0.25, 0.3) is 21.8 Å². The highest BCUT2D eigenvalue weighted by Crippen LogP contribution is 2.33. The number of nitrogen functional groups attached to an aromatic ring is 2.